The molecule has 0 aliphatic heterocycles. The van der Waals surface area contributed by atoms with Crippen LogP contribution in [-0.2, 0) is 4.79 Å². The summed E-state index contributed by atoms with van der Waals surface area (Å²) in [5.41, 5.74) is 0. The number of carbonyl (C=O) groups excluding carboxylic acids is 1. The molecule has 5 nitrogen and oxygen atoms in total. The van der Waals surface area contributed by atoms with Gasteiger partial charge >= 0.3 is 12.0 Å². The fraction of sp³-hybridized carbons (Fsp3) is 0.857. The van der Waals surface area contributed by atoms with Crippen LogP contribution in [0.5, 0.6) is 0 Å². The van der Waals surface area contributed by atoms with E-state index in [1.165, 1.54) is 0 Å². The molecule has 0 spiro atoms. The van der Waals surface area contributed by atoms with Crippen LogP contribution in [0.2, 0.25) is 0 Å². The lowest BCUT2D eigenvalue weighted by atomic mass is 9.87. The maximum atomic E-state index is 11.8. The van der Waals surface area contributed by atoms with Crippen molar-refractivity contribution in [1.29, 1.82) is 0 Å². The van der Waals surface area contributed by atoms with Gasteiger partial charge in [0, 0.05) is 6.04 Å². The number of aliphatic carboxylic acids is 1. The molecule has 19 heavy (non-hydrogen) atoms. The Morgan fingerprint density at radius 2 is 1.84 bits per heavy atom. The third-order valence-corrected chi connectivity index (χ3v) is 4.12. The van der Waals surface area contributed by atoms with Gasteiger partial charge in [0.05, 0.1) is 0 Å². The number of amides is 2. The highest BCUT2D eigenvalue weighted by molar-refractivity contribution is 5.82. The molecular weight excluding hydrogens is 244 g/mol. The summed E-state index contributed by atoms with van der Waals surface area (Å²) in [7, 11) is 0. The van der Waals surface area contributed by atoms with Crippen molar-refractivity contribution in [2.24, 2.45) is 11.8 Å². The van der Waals surface area contributed by atoms with Crippen LogP contribution in [0, 0.1) is 11.8 Å². The second-order valence-electron chi connectivity index (χ2n) is 5.78. The van der Waals surface area contributed by atoms with Crippen LogP contribution in [0.15, 0.2) is 0 Å². The Hall–Kier alpha value is -1.26. The molecular formula is C14H26N2O3. The SMILES string of the molecule is CC[C@H](C)[C@H](NC(=O)NC1CCC(C)CC1)C(=O)O. The summed E-state index contributed by atoms with van der Waals surface area (Å²) in [6, 6.07) is -0.984. The molecule has 2 amide bonds. The van der Waals surface area contributed by atoms with E-state index < -0.39 is 12.0 Å². The number of carbonyl (C=O) groups is 2. The zero-order valence-corrected chi connectivity index (χ0v) is 12.1. The Bertz CT molecular complexity index is 312. The number of nitrogens with one attached hydrogen (secondary N) is 2. The quantitative estimate of drug-likeness (QED) is 0.717. The minimum atomic E-state index is -0.971. The predicted molar refractivity (Wildman–Crippen MR) is 74.0 cm³/mol. The van der Waals surface area contributed by atoms with E-state index in [-0.39, 0.29) is 18.0 Å². The lowest BCUT2D eigenvalue weighted by molar-refractivity contribution is -0.140. The fourth-order valence-electron chi connectivity index (χ4n) is 2.46. The van der Waals surface area contributed by atoms with Crippen LogP contribution < -0.4 is 10.6 Å². The summed E-state index contributed by atoms with van der Waals surface area (Å²) in [5, 5.41) is 14.6. The number of hydrogen-bond donors (Lipinski definition) is 3. The van der Waals surface area contributed by atoms with Crippen molar-refractivity contribution >= 4 is 12.0 Å². The van der Waals surface area contributed by atoms with Crippen LogP contribution in [0.4, 0.5) is 4.79 Å². The van der Waals surface area contributed by atoms with Crippen molar-refractivity contribution in [2.45, 2.75) is 65.0 Å². The lowest BCUT2D eigenvalue weighted by Gasteiger charge is -2.28. The van der Waals surface area contributed by atoms with Crippen LogP contribution in [0.3, 0.4) is 0 Å². The first-order chi connectivity index (χ1) is 8.93. The van der Waals surface area contributed by atoms with Crippen LogP contribution in [-0.4, -0.2) is 29.2 Å². The number of carboxylic acids is 1. The third kappa shape index (κ3) is 5.09. The van der Waals surface area contributed by atoms with Gasteiger partial charge in [0.25, 0.3) is 0 Å². The molecule has 0 heterocycles. The van der Waals surface area contributed by atoms with Gasteiger partial charge in [-0.3, -0.25) is 0 Å². The zero-order chi connectivity index (χ0) is 14.4. The van der Waals surface area contributed by atoms with Gasteiger partial charge in [-0.1, -0.05) is 27.2 Å². The molecule has 0 saturated heterocycles. The van der Waals surface area contributed by atoms with Crippen molar-refractivity contribution in [1.82, 2.24) is 10.6 Å². The Balaban J connectivity index is 2.42. The Kier molecular flexibility index (Phi) is 6.12. The van der Waals surface area contributed by atoms with Crippen molar-refractivity contribution in [2.75, 3.05) is 0 Å². The Labute approximate surface area is 115 Å². The lowest BCUT2D eigenvalue weighted by Crippen LogP contribution is -2.51. The van der Waals surface area contributed by atoms with Crippen LogP contribution >= 0.6 is 0 Å². The molecule has 110 valence electrons. The molecule has 1 aliphatic carbocycles. The Morgan fingerprint density at radius 1 is 1.26 bits per heavy atom. The molecule has 2 atom stereocenters. The summed E-state index contributed by atoms with van der Waals surface area (Å²) in [6.45, 7) is 5.98. The molecule has 0 bridgehead atoms. The summed E-state index contributed by atoms with van der Waals surface area (Å²) in [5.74, 6) is -0.315. The number of urea groups is 1. The van der Waals surface area contributed by atoms with Crippen molar-refractivity contribution in [3.8, 4) is 0 Å². The second kappa shape index (κ2) is 7.36. The molecule has 1 rings (SSSR count). The monoisotopic (exact) mass is 270 g/mol. The fourth-order valence-corrected chi connectivity index (χ4v) is 2.46. The minimum Gasteiger partial charge on any atom is -0.480 e. The minimum absolute atomic E-state index is 0.0744. The van der Waals surface area contributed by atoms with Gasteiger partial charge in [-0.15, -0.1) is 0 Å². The van der Waals surface area contributed by atoms with Gasteiger partial charge in [-0.25, -0.2) is 9.59 Å². The Morgan fingerprint density at radius 3 is 2.32 bits per heavy atom. The molecule has 0 aromatic heterocycles. The second-order valence-corrected chi connectivity index (χ2v) is 5.78. The topological polar surface area (TPSA) is 78.4 Å². The molecule has 0 radical (unpaired) electrons. The number of hydrogen-bond acceptors (Lipinski definition) is 2. The maximum Gasteiger partial charge on any atom is 0.326 e. The van der Waals surface area contributed by atoms with E-state index in [1.807, 2.05) is 13.8 Å². The highest BCUT2D eigenvalue weighted by Gasteiger charge is 2.26. The van der Waals surface area contributed by atoms with Crippen molar-refractivity contribution < 1.29 is 14.7 Å². The van der Waals surface area contributed by atoms with Crippen LogP contribution in [0.1, 0.15) is 52.9 Å². The first-order valence-corrected chi connectivity index (χ1v) is 7.23. The van der Waals surface area contributed by atoms with Gasteiger partial charge < -0.3 is 15.7 Å². The molecule has 0 aromatic carbocycles. The number of carboxylic acid groups (broad SMARTS) is 1. The predicted octanol–water partition coefficient (Wildman–Crippen LogP) is 2.36. The van der Waals surface area contributed by atoms with Gasteiger partial charge in [0.2, 0.25) is 0 Å². The average molecular weight is 270 g/mol. The van der Waals surface area contributed by atoms with Gasteiger partial charge in [-0.2, -0.15) is 0 Å². The van der Waals surface area contributed by atoms with Gasteiger partial charge in [-0.05, 0) is 37.5 Å². The summed E-state index contributed by atoms with van der Waals surface area (Å²) < 4.78 is 0. The smallest absolute Gasteiger partial charge is 0.326 e. The van der Waals surface area contributed by atoms with E-state index >= 15 is 0 Å². The molecule has 1 fully saturated rings. The molecule has 1 aliphatic rings. The maximum absolute atomic E-state index is 11.8. The largest absolute Gasteiger partial charge is 0.480 e. The molecule has 0 unspecified atom stereocenters. The average Bonchev–Trinajstić information content (AvgIpc) is 2.37. The highest BCUT2D eigenvalue weighted by atomic mass is 16.4. The van der Waals surface area contributed by atoms with Crippen molar-refractivity contribution in [3.63, 3.8) is 0 Å². The number of rotatable bonds is 5. The zero-order valence-electron chi connectivity index (χ0n) is 12.1. The van der Waals surface area contributed by atoms with E-state index in [0.717, 1.165) is 38.0 Å². The standard InChI is InChI=1S/C14H26N2O3/c1-4-10(3)12(13(17)18)16-14(19)15-11-7-5-9(2)6-8-11/h9-12H,4-8H2,1-3H3,(H,17,18)(H2,15,16,19)/t9?,10-,11?,12-/m0/s1. The summed E-state index contributed by atoms with van der Waals surface area (Å²) >= 11 is 0. The van der Waals surface area contributed by atoms with Crippen LogP contribution in [0.25, 0.3) is 0 Å². The van der Waals surface area contributed by atoms with Gasteiger partial charge in [0.1, 0.15) is 6.04 Å². The van der Waals surface area contributed by atoms with E-state index in [0.29, 0.717) is 0 Å². The third-order valence-electron chi connectivity index (χ3n) is 4.12. The molecule has 0 aromatic rings. The summed E-state index contributed by atoms with van der Waals surface area (Å²) in [4.78, 5) is 23.0. The normalized spacial score (nSPS) is 26.3. The van der Waals surface area contributed by atoms with E-state index in [9.17, 15) is 9.59 Å². The first kappa shape index (κ1) is 15.8. The van der Waals surface area contributed by atoms with Crippen molar-refractivity contribution in [3.05, 3.63) is 0 Å². The molecule has 5 heteroatoms. The first-order valence-electron chi connectivity index (χ1n) is 7.23. The van der Waals surface area contributed by atoms with E-state index in [2.05, 4.69) is 17.6 Å². The van der Waals surface area contributed by atoms with E-state index in [4.69, 9.17) is 5.11 Å². The van der Waals surface area contributed by atoms with E-state index in [1.54, 1.807) is 0 Å². The summed E-state index contributed by atoms with van der Waals surface area (Å²) in [6.07, 6.45) is 4.93. The molecule has 1 saturated carbocycles. The van der Waals surface area contributed by atoms with Gasteiger partial charge in [0.15, 0.2) is 0 Å². The molecule has 3 N–H and O–H groups in total. The highest BCUT2D eigenvalue weighted by Crippen LogP contribution is 2.23.